The Labute approximate surface area is 131 Å². The van der Waals surface area contributed by atoms with Gasteiger partial charge in [-0.25, -0.2) is 0 Å². The van der Waals surface area contributed by atoms with Gasteiger partial charge in [-0.3, -0.25) is 0 Å². The number of fused-ring (bicyclic) bond motifs is 5. The SMILES string of the molecule is O=[N+]([O-])c1ccc2c(ccc3[se]c4ccccc4[n+]32)c1.[Cl-]. The first kappa shape index (κ1) is 14.0. The molecule has 0 saturated heterocycles. The number of non-ortho nitro benzene ring substituents is 1. The summed E-state index contributed by atoms with van der Waals surface area (Å²) >= 11 is 0.298. The Kier molecular flexibility index (Phi) is 3.41. The standard InChI is InChI=1S/C15H9N2O2Se.ClH/c18-17(19)11-6-7-12-10(9-11)5-8-15-16(12)13-3-1-2-4-14(13)20-15;/h1-9H;1H/q+1;/p-1. The minimum absolute atomic E-state index is 0. The monoisotopic (exact) mass is 364 g/mol. The van der Waals surface area contributed by atoms with Gasteiger partial charge in [0, 0.05) is 0 Å². The quantitative estimate of drug-likeness (QED) is 0.202. The first-order valence-electron chi connectivity index (χ1n) is 6.14. The number of pyridine rings is 1. The molecule has 0 aliphatic carbocycles. The average molecular weight is 364 g/mol. The second kappa shape index (κ2) is 5.11. The van der Waals surface area contributed by atoms with Gasteiger partial charge in [0.2, 0.25) is 0 Å². The Morgan fingerprint density at radius 2 is 1.81 bits per heavy atom. The number of hydrogen-bond acceptors (Lipinski definition) is 2. The Bertz CT molecular complexity index is 997. The van der Waals surface area contributed by atoms with E-state index in [1.807, 2.05) is 18.2 Å². The molecule has 0 radical (unpaired) electrons. The number of aromatic nitrogens is 1. The fourth-order valence-corrected chi connectivity index (χ4v) is 4.74. The normalized spacial score (nSPS) is 10.9. The second-order valence-electron chi connectivity index (χ2n) is 4.58. The zero-order valence-electron chi connectivity index (χ0n) is 10.7. The second-order valence-corrected chi connectivity index (χ2v) is 6.81. The molecule has 0 unspecified atom stereocenters. The molecule has 4 rings (SSSR count). The maximum atomic E-state index is 10.9. The number of nitro benzene ring substituents is 1. The van der Waals surface area contributed by atoms with Crippen LogP contribution in [0.1, 0.15) is 0 Å². The summed E-state index contributed by atoms with van der Waals surface area (Å²) in [6.07, 6.45) is 0. The predicted molar refractivity (Wildman–Crippen MR) is 78.2 cm³/mol. The Morgan fingerprint density at radius 1 is 1.00 bits per heavy atom. The molecule has 4 nitrogen and oxygen atoms in total. The van der Waals surface area contributed by atoms with E-state index in [0.717, 1.165) is 10.9 Å². The van der Waals surface area contributed by atoms with E-state index in [-0.39, 0.29) is 23.0 Å². The van der Waals surface area contributed by atoms with E-state index in [9.17, 15) is 10.1 Å². The van der Waals surface area contributed by atoms with E-state index >= 15 is 0 Å². The fourth-order valence-electron chi connectivity index (χ4n) is 2.52. The zero-order valence-corrected chi connectivity index (χ0v) is 13.2. The van der Waals surface area contributed by atoms with Gasteiger partial charge in [0.25, 0.3) is 0 Å². The van der Waals surface area contributed by atoms with Crippen LogP contribution in [0.15, 0.2) is 54.6 Å². The third kappa shape index (κ3) is 2.10. The number of nitrogens with zero attached hydrogens (tertiary/aromatic N) is 2. The van der Waals surface area contributed by atoms with Crippen molar-refractivity contribution in [1.82, 2.24) is 0 Å². The van der Waals surface area contributed by atoms with Crippen LogP contribution in [0.25, 0.3) is 25.1 Å². The summed E-state index contributed by atoms with van der Waals surface area (Å²) in [7, 11) is 0. The topological polar surface area (TPSA) is 47.2 Å². The van der Waals surface area contributed by atoms with Crippen molar-refractivity contribution < 1.29 is 21.7 Å². The molecule has 0 spiro atoms. The predicted octanol–water partition coefficient (Wildman–Crippen LogP) is -0.299. The molecule has 6 heteroatoms. The number of rotatable bonds is 1. The first-order valence-corrected chi connectivity index (χ1v) is 7.86. The van der Waals surface area contributed by atoms with Crippen LogP contribution in [0.3, 0.4) is 0 Å². The third-order valence-corrected chi connectivity index (χ3v) is 5.70. The molecule has 21 heavy (non-hydrogen) atoms. The van der Waals surface area contributed by atoms with Crippen LogP contribution in [0.4, 0.5) is 5.69 Å². The first-order chi connectivity index (χ1) is 9.74. The Hall–Kier alpha value is -1.94. The van der Waals surface area contributed by atoms with E-state index in [0.29, 0.717) is 14.5 Å². The summed E-state index contributed by atoms with van der Waals surface area (Å²) in [4.78, 5) is 10.5. The van der Waals surface area contributed by atoms with Gasteiger partial charge >= 0.3 is 119 Å². The molecular weight excluding hydrogens is 355 g/mol. The largest absolute Gasteiger partial charge is 1.00 e. The van der Waals surface area contributed by atoms with Crippen LogP contribution in [0.5, 0.6) is 0 Å². The molecule has 0 bridgehead atoms. The molecule has 0 aliphatic rings. The summed E-state index contributed by atoms with van der Waals surface area (Å²) in [5.74, 6) is 0. The van der Waals surface area contributed by atoms with Crippen LogP contribution in [-0.4, -0.2) is 19.4 Å². The summed E-state index contributed by atoms with van der Waals surface area (Å²) in [6.45, 7) is 0. The molecular formula is C15H9ClN2O2Se. The number of halogens is 1. The average Bonchev–Trinajstić information content (AvgIpc) is 2.85. The van der Waals surface area contributed by atoms with Gasteiger partial charge in [-0.05, 0) is 0 Å². The Balaban J connectivity index is 0.00000132. The fraction of sp³-hybridized carbons (Fsp3) is 0. The van der Waals surface area contributed by atoms with E-state index in [1.165, 1.54) is 14.2 Å². The number of hydrogen-bond donors (Lipinski definition) is 0. The molecule has 4 aromatic rings. The van der Waals surface area contributed by atoms with Gasteiger partial charge in [0.05, 0.1) is 0 Å². The van der Waals surface area contributed by atoms with Crippen LogP contribution < -0.4 is 16.8 Å². The van der Waals surface area contributed by atoms with E-state index in [1.54, 1.807) is 12.1 Å². The molecule has 0 aliphatic heterocycles. The van der Waals surface area contributed by atoms with Crippen LogP contribution in [-0.2, 0) is 0 Å². The van der Waals surface area contributed by atoms with Gasteiger partial charge in [0.1, 0.15) is 0 Å². The molecule has 104 valence electrons. The summed E-state index contributed by atoms with van der Waals surface area (Å²) in [5.41, 5.74) is 2.36. The van der Waals surface area contributed by atoms with Gasteiger partial charge in [0.15, 0.2) is 0 Å². The van der Waals surface area contributed by atoms with Crippen molar-refractivity contribution in [2.75, 3.05) is 0 Å². The molecule has 2 heterocycles. The van der Waals surface area contributed by atoms with Crippen LogP contribution in [0.2, 0.25) is 0 Å². The van der Waals surface area contributed by atoms with Crippen molar-refractivity contribution in [2.45, 2.75) is 0 Å². The smallest absolute Gasteiger partial charge is 1.00 e. The maximum Gasteiger partial charge on any atom is -1.00 e. The molecule has 2 aromatic heterocycles. The summed E-state index contributed by atoms with van der Waals surface area (Å²) in [6, 6.07) is 17.4. The molecule has 0 N–H and O–H groups in total. The van der Waals surface area contributed by atoms with E-state index in [2.05, 4.69) is 28.7 Å². The zero-order chi connectivity index (χ0) is 13.7. The van der Waals surface area contributed by atoms with Crippen molar-refractivity contribution in [1.29, 1.82) is 0 Å². The van der Waals surface area contributed by atoms with Gasteiger partial charge in [-0.1, -0.05) is 0 Å². The molecule has 0 atom stereocenters. The maximum absolute atomic E-state index is 10.9. The molecule has 0 fully saturated rings. The van der Waals surface area contributed by atoms with Gasteiger partial charge in [-0.15, -0.1) is 0 Å². The van der Waals surface area contributed by atoms with Crippen LogP contribution >= 0.6 is 0 Å². The van der Waals surface area contributed by atoms with Gasteiger partial charge in [-0.2, -0.15) is 0 Å². The number of nitro groups is 1. The molecule has 0 amide bonds. The summed E-state index contributed by atoms with van der Waals surface area (Å²) in [5, 5.41) is 11.8. The number of benzene rings is 2. The minimum Gasteiger partial charge on any atom is -1.00 e. The van der Waals surface area contributed by atoms with Crippen molar-refractivity contribution in [2.24, 2.45) is 0 Å². The molecule has 2 aromatic carbocycles. The van der Waals surface area contributed by atoms with Crippen molar-refractivity contribution in [3.05, 3.63) is 64.7 Å². The number of para-hydroxylation sites is 1. The minimum atomic E-state index is -0.352. The van der Waals surface area contributed by atoms with Crippen molar-refractivity contribution >= 4 is 45.3 Å². The van der Waals surface area contributed by atoms with Crippen molar-refractivity contribution in [3.8, 4) is 0 Å². The molecule has 0 saturated carbocycles. The van der Waals surface area contributed by atoms with E-state index in [4.69, 9.17) is 0 Å². The third-order valence-electron chi connectivity index (χ3n) is 3.41. The van der Waals surface area contributed by atoms with Gasteiger partial charge < -0.3 is 12.4 Å². The van der Waals surface area contributed by atoms with Crippen LogP contribution in [0, 0.1) is 10.1 Å². The van der Waals surface area contributed by atoms with Crippen molar-refractivity contribution in [3.63, 3.8) is 0 Å². The summed E-state index contributed by atoms with van der Waals surface area (Å²) < 4.78 is 4.85. The van der Waals surface area contributed by atoms with E-state index < -0.39 is 0 Å². The Morgan fingerprint density at radius 3 is 2.62 bits per heavy atom.